The van der Waals surface area contributed by atoms with Crippen molar-refractivity contribution in [2.45, 2.75) is 11.4 Å². The molecular weight excluding hydrogens is 298 g/mol. The van der Waals surface area contributed by atoms with E-state index < -0.39 is 0 Å². The second kappa shape index (κ2) is 8.34. The first kappa shape index (κ1) is 16.2. The SMILES string of the molecule is COc1cccc(SCC(=O)NCc2ccccc2OC)c1. The van der Waals surface area contributed by atoms with Crippen LogP contribution in [0.4, 0.5) is 0 Å². The van der Waals surface area contributed by atoms with E-state index in [-0.39, 0.29) is 5.91 Å². The maximum Gasteiger partial charge on any atom is 0.230 e. The molecule has 0 aliphatic rings. The molecule has 1 N–H and O–H groups in total. The van der Waals surface area contributed by atoms with Crippen LogP contribution >= 0.6 is 11.8 Å². The van der Waals surface area contributed by atoms with Gasteiger partial charge in [-0.05, 0) is 24.3 Å². The predicted molar refractivity (Wildman–Crippen MR) is 88.6 cm³/mol. The molecule has 116 valence electrons. The first-order chi connectivity index (χ1) is 10.7. The van der Waals surface area contributed by atoms with E-state index in [4.69, 9.17) is 9.47 Å². The van der Waals surface area contributed by atoms with Crippen LogP contribution in [-0.2, 0) is 11.3 Å². The fourth-order valence-electron chi connectivity index (χ4n) is 1.93. The van der Waals surface area contributed by atoms with Crippen LogP contribution in [0.15, 0.2) is 53.4 Å². The van der Waals surface area contributed by atoms with Crippen LogP contribution in [0, 0.1) is 0 Å². The van der Waals surface area contributed by atoms with Gasteiger partial charge in [-0.3, -0.25) is 4.79 Å². The van der Waals surface area contributed by atoms with Crippen LogP contribution in [0.3, 0.4) is 0 Å². The molecule has 2 aromatic rings. The van der Waals surface area contributed by atoms with E-state index in [1.54, 1.807) is 14.2 Å². The summed E-state index contributed by atoms with van der Waals surface area (Å²) in [4.78, 5) is 12.9. The molecule has 5 heteroatoms. The number of carbonyl (C=O) groups excluding carboxylic acids is 1. The van der Waals surface area contributed by atoms with Crippen LogP contribution in [-0.4, -0.2) is 25.9 Å². The molecule has 22 heavy (non-hydrogen) atoms. The van der Waals surface area contributed by atoms with Gasteiger partial charge in [0.05, 0.1) is 20.0 Å². The van der Waals surface area contributed by atoms with Gasteiger partial charge in [-0.1, -0.05) is 24.3 Å². The van der Waals surface area contributed by atoms with Gasteiger partial charge in [0.25, 0.3) is 0 Å². The molecule has 0 spiro atoms. The molecule has 2 rings (SSSR count). The Morgan fingerprint density at radius 2 is 1.91 bits per heavy atom. The molecule has 0 aromatic heterocycles. The Morgan fingerprint density at radius 3 is 2.68 bits per heavy atom. The topological polar surface area (TPSA) is 47.6 Å². The number of nitrogens with one attached hydrogen (secondary N) is 1. The summed E-state index contributed by atoms with van der Waals surface area (Å²) >= 11 is 1.48. The summed E-state index contributed by atoms with van der Waals surface area (Å²) in [5.41, 5.74) is 0.963. The van der Waals surface area contributed by atoms with E-state index in [0.717, 1.165) is 22.0 Å². The lowest BCUT2D eigenvalue weighted by atomic mass is 10.2. The standard InChI is InChI=1S/C17H19NO3S/c1-20-14-7-5-8-15(10-14)22-12-17(19)18-11-13-6-3-4-9-16(13)21-2/h3-10H,11-12H2,1-2H3,(H,18,19). The maximum atomic E-state index is 11.9. The van der Waals surface area contributed by atoms with Crippen LogP contribution < -0.4 is 14.8 Å². The van der Waals surface area contributed by atoms with Crippen molar-refractivity contribution >= 4 is 17.7 Å². The van der Waals surface area contributed by atoms with E-state index in [1.807, 2.05) is 48.5 Å². The largest absolute Gasteiger partial charge is 0.497 e. The highest BCUT2D eigenvalue weighted by Crippen LogP contribution is 2.22. The highest BCUT2D eigenvalue weighted by Gasteiger charge is 2.06. The molecule has 0 atom stereocenters. The number of thioether (sulfide) groups is 1. The summed E-state index contributed by atoms with van der Waals surface area (Å²) in [7, 11) is 3.25. The average Bonchev–Trinajstić information content (AvgIpc) is 2.58. The Hall–Kier alpha value is -2.14. The Labute approximate surface area is 134 Å². The number of hydrogen-bond donors (Lipinski definition) is 1. The van der Waals surface area contributed by atoms with Gasteiger partial charge in [-0.25, -0.2) is 0 Å². The summed E-state index contributed by atoms with van der Waals surface area (Å²) in [6, 6.07) is 15.3. The zero-order valence-corrected chi connectivity index (χ0v) is 13.5. The van der Waals surface area contributed by atoms with Crippen molar-refractivity contribution in [3.8, 4) is 11.5 Å². The number of benzene rings is 2. The Bertz CT molecular complexity index is 631. The van der Waals surface area contributed by atoms with E-state index in [2.05, 4.69) is 5.32 Å². The second-order valence-corrected chi connectivity index (χ2v) is 5.60. The lowest BCUT2D eigenvalue weighted by Crippen LogP contribution is -2.24. The van der Waals surface area contributed by atoms with Gasteiger partial charge in [0.2, 0.25) is 5.91 Å². The number of rotatable bonds is 7. The molecule has 0 radical (unpaired) electrons. The zero-order chi connectivity index (χ0) is 15.8. The summed E-state index contributed by atoms with van der Waals surface area (Å²) in [5, 5.41) is 2.90. The van der Waals surface area contributed by atoms with Crippen molar-refractivity contribution in [2.75, 3.05) is 20.0 Å². The molecule has 0 saturated carbocycles. The Kier molecular flexibility index (Phi) is 6.15. The minimum Gasteiger partial charge on any atom is -0.497 e. The first-order valence-electron chi connectivity index (χ1n) is 6.88. The third-order valence-electron chi connectivity index (χ3n) is 3.08. The van der Waals surface area contributed by atoms with Crippen LogP contribution in [0.2, 0.25) is 0 Å². The zero-order valence-electron chi connectivity index (χ0n) is 12.7. The van der Waals surface area contributed by atoms with Gasteiger partial charge in [0, 0.05) is 17.0 Å². The molecule has 0 bridgehead atoms. The molecule has 0 aliphatic carbocycles. The van der Waals surface area contributed by atoms with E-state index in [9.17, 15) is 4.79 Å². The molecule has 4 nitrogen and oxygen atoms in total. The fourth-order valence-corrected chi connectivity index (χ4v) is 2.71. The number of hydrogen-bond acceptors (Lipinski definition) is 4. The van der Waals surface area contributed by atoms with Gasteiger partial charge in [-0.2, -0.15) is 0 Å². The quantitative estimate of drug-likeness (QED) is 0.797. The van der Waals surface area contributed by atoms with E-state index >= 15 is 0 Å². The normalized spacial score (nSPS) is 10.1. The highest BCUT2D eigenvalue weighted by molar-refractivity contribution is 8.00. The first-order valence-corrected chi connectivity index (χ1v) is 7.87. The minimum absolute atomic E-state index is 0.0151. The van der Waals surface area contributed by atoms with Crippen molar-refractivity contribution < 1.29 is 14.3 Å². The maximum absolute atomic E-state index is 11.9. The lowest BCUT2D eigenvalue weighted by Gasteiger charge is -2.09. The molecule has 0 heterocycles. The average molecular weight is 317 g/mol. The van der Waals surface area contributed by atoms with Crippen molar-refractivity contribution in [1.82, 2.24) is 5.32 Å². The Balaban J connectivity index is 1.83. The summed E-state index contributed by atoms with van der Waals surface area (Å²) in [5.74, 6) is 1.92. The van der Waals surface area contributed by atoms with E-state index in [0.29, 0.717) is 12.3 Å². The molecule has 1 amide bonds. The number of methoxy groups -OCH3 is 2. The molecule has 2 aromatic carbocycles. The lowest BCUT2D eigenvalue weighted by molar-refractivity contribution is -0.118. The van der Waals surface area contributed by atoms with Crippen molar-refractivity contribution in [3.05, 3.63) is 54.1 Å². The van der Waals surface area contributed by atoms with Crippen molar-refractivity contribution in [2.24, 2.45) is 0 Å². The number of para-hydroxylation sites is 1. The highest BCUT2D eigenvalue weighted by atomic mass is 32.2. The summed E-state index contributed by atoms with van der Waals surface area (Å²) < 4.78 is 10.4. The molecular formula is C17H19NO3S. The molecule has 0 saturated heterocycles. The Morgan fingerprint density at radius 1 is 1.09 bits per heavy atom. The smallest absolute Gasteiger partial charge is 0.230 e. The van der Waals surface area contributed by atoms with Crippen molar-refractivity contribution in [3.63, 3.8) is 0 Å². The van der Waals surface area contributed by atoms with Gasteiger partial charge >= 0.3 is 0 Å². The van der Waals surface area contributed by atoms with Gasteiger partial charge in [0.1, 0.15) is 11.5 Å². The molecule has 0 unspecified atom stereocenters. The number of amides is 1. The van der Waals surface area contributed by atoms with Crippen LogP contribution in [0.1, 0.15) is 5.56 Å². The van der Waals surface area contributed by atoms with Crippen molar-refractivity contribution in [1.29, 1.82) is 0 Å². The third-order valence-corrected chi connectivity index (χ3v) is 4.07. The molecule has 0 fully saturated rings. The minimum atomic E-state index is -0.0151. The van der Waals surface area contributed by atoms with Crippen LogP contribution in [0.25, 0.3) is 0 Å². The third kappa shape index (κ3) is 4.70. The van der Waals surface area contributed by atoms with Crippen LogP contribution in [0.5, 0.6) is 11.5 Å². The molecule has 0 aliphatic heterocycles. The van der Waals surface area contributed by atoms with Gasteiger partial charge in [0.15, 0.2) is 0 Å². The summed E-state index contributed by atoms with van der Waals surface area (Å²) in [6.07, 6.45) is 0. The monoisotopic (exact) mass is 317 g/mol. The van der Waals surface area contributed by atoms with Gasteiger partial charge < -0.3 is 14.8 Å². The summed E-state index contributed by atoms with van der Waals surface area (Å²) in [6.45, 7) is 0.460. The van der Waals surface area contributed by atoms with E-state index in [1.165, 1.54) is 11.8 Å². The number of ether oxygens (including phenoxy) is 2. The fraction of sp³-hybridized carbons (Fsp3) is 0.235. The second-order valence-electron chi connectivity index (χ2n) is 4.56. The number of carbonyl (C=O) groups is 1. The predicted octanol–water partition coefficient (Wildman–Crippen LogP) is 3.11. The van der Waals surface area contributed by atoms with Gasteiger partial charge in [-0.15, -0.1) is 11.8 Å².